The monoisotopic (exact) mass is 376 g/mol. The van der Waals surface area contributed by atoms with Crippen molar-refractivity contribution in [2.24, 2.45) is 0 Å². The van der Waals surface area contributed by atoms with E-state index in [9.17, 15) is 14.0 Å². The molecule has 2 rings (SSSR count). The second-order valence-electron chi connectivity index (χ2n) is 5.99. The first-order chi connectivity index (χ1) is 12.5. The van der Waals surface area contributed by atoms with Gasteiger partial charge in [0.1, 0.15) is 5.82 Å². The van der Waals surface area contributed by atoms with Gasteiger partial charge in [-0.05, 0) is 49.4 Å². The number of rotatable bonds is 9. The Bertz CT molecular complexity index is 697. The largest absolute Gasteiger partial charge is 0.344 e. The average molecular weight is 376 g/mol. The van der Waals surface area contributed by atoms with Crippen molar-refractivity contribution < 1.29 is 14.0 Å². The Morgan fingerprint density at radius 3 is 2.38 bits per heavy atom. The van der Waals surface area contributed by atoms with Crippen LogP contribution >= 0.6 is 11.3 Å². The van der Waals surface area contributed by atoms with Crippen molar-refractivity contribution in [3.05, 3.63) is 58.0 Å². The Kier molecular flexibility index (Phi) is 7.78. The van der Waals surface area contributed by atoms with Crippen LogP contribution in [0.1, 0.15) is 49.6 Å². The van der Waals surface area contributed by atoms with Gasteiger partial charge in [0.15, 0.2) is 0 Å². The average Bonchev–Trinajstić information content (AvgIpc) is 3.16. The van der Waals surface area contributed by atoms with Crippen LogP contribution < -0.4 is 5.32 Å². The topological polar surface area (TPSA) is 49.4 Å². The Morgan fingerprint density at radius 1 is 1.12 bits per heavy atom. The highest BCUT2D eigenvalue weighted by Gasteiger charge is 2.18. The van der Waals surface area contributed by atoms with Crippen molar-refractivity contribution >= 4 is 23.2 Å². The molecule has 1 N–H and O–H groups in total. The summed E-state index contributed by atoms with van der Waals surface area (Å²) in [5, 5.41) is 4.96. The molecule has 4 nitrogen and oxygen atoms in total. The van der Waals surface area contributed by atoms with Gasteiger partial charge in [-0.25, -0.2) is 4.39 Å². The number of halogens is 1. The second-order valence-corrected chi connectivity index (χ2v) is 6.97. The molecule has 1 unspecified atom stereocenters. The molecule has 0 bridgehead atoms. The summed E-state index contributed by atoms with van der Waals surface area (Å²) >= 11 is 1.54. The molecule has 1 atom stereocenters. The first kappa shape index (κ1) is 20.1. The van der Waals surface area contributed by atoms with Crippen LogP contribution in [0.4, 0.5) is 4.39 Å². The number of amides is 2. The predicted octanol–water partition coefficient (Wildman–Crippen LogP) is 4.13. The van der Waals surface area contributed by atoms with E-state index in [1.54, 1.807) is 28.4 Å². The zero-order chi connectivity index (χ0) is 18.9. The number of nitrogens with zero attached hydrogens (tertiary/aromatic N) is 1. The standard InChI is InChI=1S/C20H25FN2O2S/c1-3-23(4-2)19(25)9-5-8-18(24)22-20(17-7-6-14-26-17)15-10-12-16(21)13-11-15/h6-7,10-14,20H,3-5,8-9H2,1-2H3,(H,22,24). The van der Waals surface area contributed by atoms with Crippen molar-refractivity contribution in [3.63, 3.8) is 0 Å². The fourth-order valence-electron chi connectivity index (χ4n) is 2.80. The maximum Gasteiger partial charge on any atom is 0.222 e. The third-order valence-electron chi connectivity index (χ3n) is 4.25. The Labute approximate surface area is 158 Å². The zero-order valence-corrected chi connectivity index (χ0v) is 16.0. The molecule has 1 aromatic carbocycles. The normalized spacial score (nSPS) is 11.8. The van der Waals surface area contributed by atoms with Gasteiger partial charge in [0.05, 0.1) is 6.04 Å². The van der Waals surface area contributed by atoms with E-state index in [4.69, 9.17) is 0 Å². The maximum atomic E-state index is 13.2. The third kappa shape index (κ3) is 5.66. The van der Waals surface area contributed by atoms with Gasteiger partial charge >= 0.3 is 0 Å². The molecule has 0 saturated carbocycles. The van der Waals surface area contributed by atoms with Gasteiger partial charge in [-0.1, -0.05) is 18.2 Å². The van der Waals surface area contributed by atoms with Gasteiger partial charge in [-0.15, -0.1) is 11.3 Å². The summed E-state index contributed by atoms with van der Waals surface area (Å²) in [7, 11) is 0. The van der Waals surface area contributed by atoms with Crippen LogP contribution in [-0.2, 0) is 9.59 Å². The van der Waals surface area contributed by atoms with Crippen molar-refractivity contribution in [2.45, 2.75) is 39.2 Å². The molecule has 6 heteroatoms. The van der Waals surface area contributed by atoms with Gasteiger partial charge in [0.2, 0.25) is 11.8 Å². The van der Waals surface area contributed by atoms with E-state index in [1.807, 2.05) is 31.4 Å². The fraction of sp³-hybridized carbons (Fsp3) is 0.400. The van der Waals surface area contributed by atoms with Crippen LogP contribution in [0.2, 0.25) is 0 Å². The van der Waals surface area contributed by atoms with E-state index >= 15 is 0 Å². The summed E-state index contributed by atoms with van der Waals surface area (Å²) in [5.41, 5.74) is 0.835. The van der Waals surface area contributed by atoms with E-state index in [0.29, 0.717) is 25.9 Å². The second kappa shape index (κ2) is 10.1. The summed E-state index contributed by atoms with van der Waals surface area (Å²) in [6.45, 7) is 5.27. The molecule has 0 aliphatic carbocycles. The van der Waals surface area contributed by atoms with Crippen LogP contribution in [0.3, 0.4) is 0 Å². The Hall–Kier alpha value is -2.21. The highest BCUT2D eigenvalue weighted by molar-refractivity contribution is 7.10. The first-order valence-corrected chi connectivity index (χ1v) is 9.79. The minimum Gasteiger partial charge on any atom is -0.344 e. The molecule has 140 valence electrons. The third-order valence-corrected chi connectivity index (χ3v) is 5.18. The van der Waals surface area contributed by atoms with E-state index in [2.05, 4.69) is 5.32 Å². The molecule has 26 heavy (non-hydrogen) atoms. The lowest BCUT2D eigenvalue weighted by molar-refractivity contribution is -0.131. The van der Waals surface area contributed by atoms with Gasteiger partial charge in [0, 0.05) is 30.8 Å². The molecule has 0 saturated heterocycles. The molecule has 0 radical (unpaired) electrons. The highest BCUT2D eigenvalue weighted by Crippen LogP contribution is 2.26. The first-order valence-electron chi connectivity index (χ1n) is 8.91. The molecule has 2 aromatic rings. The van der Waals surface area contributed by atoms with Crippen LogP contribution in [0.25, 0.3) is 0 Å². The lowest BCUT2D eigenvalue weighted by atomic mass is 10.0. The Balaban J connectivity index is 1.95. The van der Waals surface area contributed by atoms with E-state index in [0.717, 1.165) is 10.4 Å². The predicted molar refractivity (Wildman–Crippen MR) is 102 cm³/mol. The van der Waals surface area contributed by atoms with Crippen LogP contribution in [-0.4, -0.2) is 29.8 Å². The van der Waals surface area contributed by atoms with Crippen molar-refractivity contribution in [1.29, 1.82) is 0 Å². The smallest absolute Gasteiger partial charge is 0.222 e. The minimum atomic E-state index is -0.306. The molecule has 2 amide bonds. The van der Waals surface area contributed by atoms with E-state index in [-0.39, 0.29) is 30.1 Å². The number of carbonyl (C=O) groups excluding carboxylic acids is 2. The number of nitrogens with one attached hydrogen (secondary N) is 1. The molecule has 0 fully saturated rings. The molecule has 0 aliphatic rings. The SMILES string of the molecule is CCN(CC)C(=O)CCCC(=O)NC(c1ccc(F)cc1)c1cccs1. The minimum absolute atomic E-state index is 0.0798. The Morgan fingerprint density at radius 2 is 1.81 bits per heavy atom. The van der Waals surface area contributed by atoms with Crippen molar-refractivity contribution in [2.75, 3.05) is 13.1 Å². The number of hydrogen-bond donors (Lipinski definition) is 1. The summed E-state index contributed by atoms with van der Waals surface area (Å²) in [6.07, 6.45) is 1.17. The maximum absolute atomic E-state index is 13.2. The number of carbonyl (C=O) groups is 2. The molecular weight excluding hydrogens is 351 g/mol. The number of hydrogen-bond acceptors (Lipinski definition) is 3. The summed E-state index contributed by atoms with van der Waals surface area (Å²) < 4.78 is 13.2. The highest BCUT2D eigenvalue weighted by atomic mass is 32.1. The summed E-state index contributed by atoms with van der Waals surface area (Å²) in [4.78, 5) is 27.1. The number of thiophene rings is 1. The van der Waals surface area contributed by atoms with E-state index in [1.165, 1.54) is 12.1 Å². The lowest BCUT2D eigenvalue weighted by Gasteiger charge is -2.19. The molecule has 1 heterocycles. The molecule has 0 spiro atoms. The summed E-state index contributed by atoms with van der Waals surface area (Å²) in [5.74, 6) is -0.337. The zero-order valence-electron chi connectivity index (χ0n) is 15.2. The van der Waals surface area contributed by atoms with Crippen molar-refractivity contribution in [3.8, 4) is 0 Å². The van der Waals surface area contributed by atoms with E-state index < -0.39 is 0 Å². The number of benzene rings is 1. The van der Waals surface area contributed by atoms with Gasteiger partial charge in [-0.3, -0.25) is 9.59 Å². The molecule has 0 aliphatic heterocycles. The van der Waals surface area contributed by atoms with Crippen LogP contribution in [0.5, 0.6) is 0 Å². The van der Waals surface area contributed by atoms with Crippen LogP contribution in [0.15, 0.2) is 41.8 Å². The lowest BCUT2D eigenvalue weighted by Crippen LogP contribution is -2.31. The molecular formula is C20H25FN2O2S. The van der Waals surface area contributed by atoms with Crippen LogP contribution in [0, 0.1) is 5.82 Å². The van der Waals surface area contributed by atoms with Gasteiger partial charge in [0.25, 0.3) is 0 Å². The summed E-state index contributed by atoms with van der Waals surface area (Å²) in [6, 6.07) is 9.72. The van der Waals surface area contributed by atoms with Gasteiger partial charge < -0.3 is 10.2 Å². The fourth-order valence-corrected chi connectivity index (χ4v) is 3.60. The quantitative estimate of drug-likeness (QED) is 0.715. The van der Waals surface area contributed by atoms with Crippen molar-refractivity contribution in [1.82, 2.24) is 10.2 Å². The van der Waals surface area contributed by atoms with Gasteiger partial charge in [-0.2, -0.15) is 0 Å². The molecule has 1 aromatic heterocycles.